The van der Waals surface area contributed by atoms with Crippen LogP contribution in [0.4, 0.5) is 11.4 Å². The molecule has 222 valence electrons. The van der Waals surface area contributed by atoms with Gasteiger partial charge < -0.3 is 15.2 Å². The fraction of sp³-hybridized carbons (Fsp3) is 0.0789. The van der Waals surface area contributed by atoms with Crippen molar-refractivity contribution >= 4 is 35.6 Å². The minimum absolute atomic E-state index is 0. The molecule has 6 nitrogen and oxygen atoms in total. The van der Waals surface area contributed by atoms with Crippen LogP contribution < -0.4 is 10.2 Å². The molecule has 5 aromatic carbocycles. The van der Waals surface area contributed by atoms with Crippen LogP contribution in [0.5, 0.6) is 0 Å². The smallest absolute Gasteiger partial charge is 0.258 e. The van der Waals surface area contributed by atoms with Crippen LogP contribution in [-0.4, -0.2) is 28.3 Å². The van der Waals surface area contributed by atoms with Gasteiger partial charge in [0.15, 0.2) is 0 Å². The van der Waals surface area contributed by atoms with Gasteiger partial charge in [-0.3, -0.25) is 9.59 Å². The molecular formula is C38H31ClN4O2. The van der Waals surface area contributed by atoms with E-state index in [1.807, 2.05) is 102 Å². The normalized spacial score (nSPS) is 11.9. The average Bonchev–Trinajstić information content (AvgIpc) is 3.41. The SMILES string of the molecule is Cl.O=C(Nc1ccc(C(=O)N2CCc3[nH]c(Cc4ccccc4)nc3-c3ccccc32)cc1)c1ccccc1-c1ccccc1. The largest absolute Gasteiger partial charge is 0.345 e. The Morgan fingerprint density at radius 3 is 2.13 bits per heavy atom. The predicted octanol–water partition coefficient (Wildman–Crippen LogP) is 8.21. The maximum absolute atomic E-state index is 13.9. The number of amides is 2. The summed E-state index contributed by atoms with van der Waals surface area (Å²) in [6.45, 7) is 0.518. The van der Waals surface area contributed by atoms with Gasteiger partial charge in [-0.05, 0) is 53.1 Å². The van der Waals surface area contributed by atoms with Crippen molar-refractivity contribution in [3.63, 3.8) is 0 Å². The molecule has 6 aromatic rings. The third kappa shape index (κ3) is 6.14. The van der Waals surface area contributed by atoms with E-state index in [1.54, 1.807) is 24.3 Å². The first-order valence-corrected chi connectivity index (χ1v) is 14.7. The highest BCUT2D eigenvalue weighted by atomic mass is 35.5. The molecule has 1 aromatic heterocycles. The number of hydrogen-bond donors (Lipinski definition) is 2. The van der Waals surface area contributed by atoms with Crippen molar-refractivity contribution in [3.8, 4) is 22.4 Å². The molecule has 2 heterocycles. The Morgan fingerprint density at radius 2 is 1.38 bits per heavy atom. The van der Waals surface area contributed by atoms with E-state index in [0.717, 1.165) is 46.0 Å². The molecule has 2 amide bonds. The number of rotatable bonds is 6. The van der Waals surface area contributed by atoms with E-state index in [9.17, 15) is 9.59 Å². The topological polar surface area (TPSA) is 78.1 Å². The quantitative estimate of drug-likeness (QED) is 0.199. The highest BCUT2D eigenvalue weighted by molar-refractivity contribution is 6.10. The summed E-state index contributed by atoms with van der Waals surface area (Å²) in [5.41, 5.74) is 8.50. The molecule has 2 N–H and O–H groups in total. The third-order valence-electron chi connectivity index (χ3n) is 7.97. The van der Waals surface area contributed by atoms with Crippen molar-refractivity contribution in [1.29, 1.82) is 0 Å². The Labute approximate surface area is 268 Å². The summed E-state index contributed by atoms with van der Waals surface area (Å²) in [4.78, 5) is 37.4. The zero-order chi connectivity index (χ0) is 29.9. The fourth-order valence-electron chi connectivity index (χ4n) is 5.81. The molecule has 1 aliphatic heterocycles. The highest BCUT2D eigenvalue weighted by Crippen LogP contribution is 2.36. The van der Waals surface area contributed by atoms with Gasteiger partial charge in [-0.25, -0.2) is 4.98 Å². The highest BCUT2D eigenvalue weighted by Gasteiger charge is 2.27. The van der Waals surface area contributed by atoms with Crippen LogP contribution in [0.25, 0.3) is 22.4 Å². The van der Waals surface area contributed by atoms with Crippen LogP contribution in [0.2, 0.25) is 0 Å². The number of benzene rings is 5. The second-order valence-corrected chi connectivity index (χ2v) is 10.8. The lowest BCUT2D eigenvalue weighted by Crippen LogP contribution is -2.32. The average molecular weight is 611 g/mol. The Bertz CT molecular complexity index is 1950. The zero-order valence-corrected chi connectivity index (χ0v) is 25.3. The van der Waals surface area contributed by atoms with E-state index >= 15 is 0 Å². The van der Waals surface area contributed by atoms with Gasteiger partial charge in [-0.2, -0.15) is 0 Å². The van der Waals surface area contributed by atoms with Crippen molar-refractivity contribution in [2.75, 3.05) is 16.8 Å². The number of fused-ring (bicyclic) bond motifs is 3. The van der Waals surface area contributed by atoms with E-state index in [-0.39, 0.29) is 24.2 Å². The predicted molar refractivity (Wildman–Crippen MR) is 182 cm³/mol. The number of nitrogens with one attached hydrogen (secondary N) is 2. The molecule has 0 saturated carbocycles. The molecule has 0 bridgehead atoms. The van der Waals surface area contributed by atoms with Gasteiger partial charge >= 0.3 is 0 Å². The molecule has 0 aliphatic carbocycles. The van der Waals surface area contributed by atoms with Crippen LogP contribution >= 0.6 is 12.4 Å². The van der Waals surface area contributed by atoms with E-state index in [4.69, 9.17) is 4.98 Å². The van der Waals surface area contributed by atoms with Crippen molar-refractivity contribution < 1.29 is 9.59 Å². The number of para-hydroxylation sites is 1. The third-order valence-corrected chi connectivity index (χ3v) is 7.97. The minimum atomic E-state index is -0.203. The van der Waals surface area contributed by atoms with Crippen LogP contribution in [0.15, 0.2) is 133 Å². The first kappa shape index (κ1) is 29.6. The molecule has 0 atom stereocenters. The lowest BCUT2D eigenvalue weighted by molar-refractivity contribution is 0.0986. The molecule has 0 radical (unpaired) electrons. The molecule has 1 aliphatic rings. The second kappa shape index (κ2) is 13.0. The van der Waals surface area contributed by atoms with Crippen molar-refractivity contribution in [3.05, 3.63) is 162 Å². The van der Waals surface area contributed by atoms with Crippen molar-refractivity contribution in [2.45, 2.75) is 12.8 Å². The number of carbonyl (C=O) groups is 2. The van der Waals surface area contributed by atoms with Gasteiger partial charge in [0, 0.05) is 47.5 Å². The number of halogens is 1. The number of hydrogen-bond acceptors (Lipinski definition) is 3. The minimum Gasteiger partial charge on any atom is -0.345 e. The van der Waals surface area contributed by atoms with Gasteiger partial charge in [0.25, 0.3) is 11.8 Å². The standard InChI is InChI=1S/C38H30N4O2.ClH/c43-37(31-16-8-7-15-30(31)27-13-5-2-6-14-27)39-29-21-19-28(20-22-29)38(44)42-24-23-33-36(32-17-9-10-18-34(32)42)41-35(40-33)25-26-11-3-1-4-12-26;/h1-22H,23-25H2,(H,39,43)(H,40,41);1H. The molecule has 0 spiro atoms. The van der Waals surface area contributed by atoms with Gasteiger partial charge in [0.2, 0.25) is 0 Å². The maximum Gasteiger partial charge on any atom is 0.258 e. The maximum atomic E-state index is 13.9. The number of aromatic nitrogens is 2. The molecule has 7 rings (SSSR count). The molecule has 7 heteroatoms. The van der Waals surface area contributed by atoms with Gasteiger partial charge in [-0.1, -0.05) is 97.1 Å². The Kier molecular flexibility index (Phi) is 8.58. The number of H-pyrrole nitrogens is 1. The molecule has 0 fully saturated rings. The van der Waals surface area contributed by atoms with E-state index in [1.165, 1.54) is 5.56 Å². The molecule has 0 unspecified atom stereocenters. The number of anilines is 2. The zero-order valence-electron chi connectivity index (χ0n) is 24.4. The first-order chi connectivity index (χ1) is 21.6. The number of nitrogens with zero attached hydrogens (tertiary/aromatic N) is 2. The first-order valence-electron chi connectivity index (χ1n) is 14.7. The van der Waals surface area contributed by atoms with Gasteiger partial charge in [-0.15, -0.1) is 12.4 Å². The van der Waals surface area contributed by atoms with Crippen molar-refractivity contribution in [2.24, 2.45) is 0 Å². The van der Waals surface area contributed by atoms with Gasteiger partial charge in [0.05, 0.1) is 11.4 Å². The summed E-state index contributed by atoms with van der Waals surface area (Å²) in [6, 6.07) is 42.7. The summed E-state index contributed by atoms with van der Waals surface area (Å²) < 4.78 is 0. The lowest BCUT2D eigenvalue weighted by Gasteiger charge is -2.23. The monoisotopic (exact) mass is 610 g/mol. The van der Waals surface area contributed by atoms with E-state index < -0.39 is 0 Å². The van der Waals surface area contributed by atoms with Crippen molar-refractivity contribution in [1.82, 2.24) is 9.97 Å². The summed E-state index contributed by atoms with van der Waals surface area (Å²) in [6.07, 6.45) is 1.38. The van der Waals surface area contributed by atoms with Crippen LogP contribution in [0, 0.1) is 0 Å². The molecule has 0 saturated heterocycles. The summed E-state index contributed by atoms with van der Waals surface area (Å²) in [7, 11) is 0. The molecular weight excluding hydrogens is 580 g/mol. The summed E-state index contributed by atoms with van der Waals surface area (Å²) >= 11 is 0. The second-order valence-electron chi connectivity index (χ2n) is 10.8. The van der Waals surface area contributed by atoms with Gasteiger partial charge in [0.1, 0.15) is 5.82 Å². The van der Waals surface area contributed by atoms with Crippen LogP contribution in [0.3, 0.4) is 0 Å². The Morgan fingerprint density at radius 1 is 0.733 bits per heavy atom. The number of aromatic amines is 1. The number of carbonyl (C=O) groups excluding carboxylic acids is 2. The molecule has 45 heavy (non-hydrogen) atoms. The Balaban J connectivity index is 0.00000357. The Hall–Kier alpha value is -5.46. The summed E-state index contributed by atoms with van der Waals surface area (Å²) in [5.74, 6) is 0.615. The summed E-state index contributed by atoms with van der Waals surface area (Å²) in [5, 5.41) is 2.99. The van der Waals surface area contributed by atoms with Crippen LogP contribution in [-0.2, 0) is 12.8 Å². The fourth-order valence-corrected chi connectivity index (χ4v) is 5.81. The van der Waals surface area contributed by atoms with E-state index in [2.05, 4.69) is 22.4 Å². The lowest BCUT2D eigenvalue weighted by atomic mass is 9.99. The number of imidazole rings is 1. The van der Waals surface area contributed by atoms with Crippen LogP contribution in [0.1, 0.15) is 37.8 Å². The van der Waals surface area contributed by atoms with E-state index in [0.29, 0.717) is 29.8 Å².